The number of para-hydroxylation sites is 2. The van der Waals surface area contributed by atoms with Crippen LogP contribution in [0.2, 0.25) is 0 Å². The first kappa shape index (κ1) is 10.3. The molecule has 1 aliphatic heterocycles. The zero-order chi connectivity index (χ0) is 11.8. The molecular weight excluding hydrogens is 214 g/mol. The van der Waals surface area contributed by atoms with E-state index in [1.165, 1.54) is 0 Å². The van der Waals surface area contributed by atoms with Crippen molar-refractivity contribution in [1.82, 2.24) is 14.9 Å². The van der Waals surface area contributed by atoms with Crippen molar-refractivity contribution in [3.8, 4) is 0 Å². The maximum absolute atomic E-state index is 11.5. The normalized spacial score (nSPS) is 20.1. The zero-order valence-electron chi connectivity index (χ0n) is 9.81. The Balaban J connectivity index is 2.00. The molecule has 2 heterocycles. The van der Waals surface area contributed by atoms with Crippen LogP contribution >= 0.6 is 0 Å². The molecule has 1 aromatic carbocycles. The molecule has 4 nitrogen and oxygen atoms in total. The predicted octanol–water partition coefficient (Wildman–Crippen LogP) is 2.25. The Bertz CT molecular complexity index is 528. The molecule has 3 rings (SSSR count). The van der Waals surface area contributed by atoms with Crippen LogP contribution < -0.4 is 0 Å². The molecule has 1 N–H and O–H groups in total. The van der Waals surface area contributed by atoms with E-state index in [0.717, 1.165) is 36.2 Å². The molecule has 1 aliphatic rings. The van der Waals surface area contributed by atoms with Gasteiger partial charge in [-0.1, -0.05) is 12.1 Å². The minimum atomic E-state index is 0.125. The number of H-pyrrole nitrogens is 1. The number of nitrogens with one attached hydrogen (secondary N) is 1. The average Bonchev–Trinajstić information content (AvgIpc) is 2.95. The number of amides is 1. The fourth-order valence-electron chi connectivity index (χ4n) is 2.56. The van der Waals surface area contributed by atoms with E-state index in [1.54, 1.807) is 6.92 Å². The van der Waals surface area contributed by atoms with Crippen LogP contribution in [0.15, 0.2) is 24.3 Å². The molecule has 17 heavy (non-hydrogen) atoms. The Morgan fingerprint density at radius 2 is 2.29 bits per heavy atom. The number of imidazole rings is 1. The molecule has 88 valence electrons. The van der Waals surface area contributed by atoms with Gasteiger partial charge in [0.25, 0.3) is 0 Å². The second-order valence-electron chi connectivity index (χ2n) is 4.51. The summed E-state index contributed by atoms with van der Waals surface area (Å²) in [5, 5.41) is 0. The van der Waals surface area contributed by atoms with E-state index in [0.29, 0.717) is 0 Å². The van der Waals surface area contributed by atoms with Gasteiger partial charge in [0.05, 0.1) is 17.1 Å². The minimum Gasteiger partial charge on any atom is -0.340 e. The van der Waals surface area contributed by atoms with Crippen LogP contribution in [0.4, 0.5) is 0 Å². The maximum atomic E-state index is 11.5. The molecule has 1 aromatic heterocycles. The summed E-state index contributed by atoms with van der Waals surface area (Å²) in [7, 11) is 0. The summed E-state index contributed by atoms with van der Waals surface area (Å²) in [6.45, 7) is 2.47. The Labute approximate surface area is 99.6 Å². The van der Waals surface area contributed by atoms with E-state index < -0.39 is 0 Å². The lowest BCUT2D eigenvalue weighted by molar-refractivity contribution is -0.129. The predicted molar refractivity (Wildman–Crippen MR) is 65.5 cm³/mol. The summed E-state index contributed by atoms with van der Waals surface area (Å²) in [6, 6.07) is 8.09. The van der Waals surface area contributed by atoms with Gasteiger partial charge in [0.1, 0.15) is 5.82 Å². The quantitative estimate of drug-likeness (QED) is 0.815. The van der Waals surface area contributed by atoms with E-state index >= 15 is 0 Å². The van der Waals surface area contributed by atoms with Crippen molar-refractivity contribution in [1.29, 1.82) is 0 Å². The van der Waals surface area contributed by atoms with Gasteiger partial charge in [-0.15, -0.1) is 0 Å². The fraction of sp³-hybridized carbons (Fsp3) is 0.385. The van der Waals surface area contributed by atoms with Crippen molar-refractivity contribution in [2.75, 3.05) is 6.54 Å². The average molecular weight is 229 g/mol. The molecule has 0 aliphatic carbocycles. The van der Waals surface area contributed by atoms with Crippen LogP contribution in [0.25, 0.3) is 11.0 Å². The smallest absolute Gasteiger partial charge is 0.220 e. The number of benzene rings is 1. The first-order chi connectivity index (χ1) is 8.25. The topological polar surface area (TPSA) is 49.0 Å². The third-order valence-corrected chi connectivity index (χ3v) is 3.38. The highest BCUT2D eigenvalue weighted by Crippen LogP contribution is 2.31. The molecule has 1 atom stereocenters. The lowest BCUT2D eigenvalue weighted by Crippen LogP contribution is -2.28. The van der Waals surface area contributed by atoms with Crippen molar-refractivity contribution in [2.45, 2.75) is 25.8 Å². The second-order valence-corrected chi connectivity index (χ2v) is 4.51. The number of aromatic amines is 1. The van der Waals surface area contributed by atoms with Crippen LogP contribution in [-0.2, 0) is 4.79 Å². The van der Waals surface area contributed by atoms with Crippen molar-refractivity contribution in [2.24, 2.45) is 0 Å². The van der Waals surface area contributed by atoms with Gasteiger partial charge in [-0.25, -0.2) is 4.98 Å². The number of carbonyl (C=O) groups is 1. The van der Waals surface area contributed by atoms with Gasteiger partial charge < -0.3 is 9.88 Å². The third-order valence-electron chi connectivity index (χ3n) is 3.38. The number of aromatic nitrogens is 2. The highest BCUT2D eigenvalue weighted by molar-refractivity contribution is 5.76. The summed E-state index contributed by atoms with van der Waals surface area (Å²) in [5.74, 6) is 1.05. The molecule has 0 spiro atoms. The van der Waals surface area contributed by atoms with Crippen molar-refractivity contribution in [3.05, 3.63) is 30.1 Å². The number of fused-ring (bicyclic) bond motifs is 1. The number of likely N-dealkylation sites (tertiary alicyclic amines) is 1. The lowest BCUT2D eigenvalue weighted by atomic mass is 10.2. The van der Waals surface area contributed by atoms with Crippen LogP contribution in [0.1, 0.15) is 31.6 Å². The third kappa shape index (κ3) is 1.69. The lowest BCUT2D eigenvalue weighted by Gasteiger charge is -2.21. The van der Waals surface area contributed by atoms with Crippen molar-refractivity contribution >= 4 is 16.9 Å². The number of carbonyl (C=O) groups excluding carboxylic acids is 1. The Morgan fingerprint density at radius 1 is 1.47 bits per heavy atom. The Hall–Kier alpha value is -1.84. The molecule has 4 heteroatoms. The van der Waals surface area contributed by atoms with Gasteiger partial charge in [0.2, 0.25) is 5.91 Å². The molecule has 1 saturated heterocycles. The largest absolute Gasteiger partial charge is 0.340 e. The molecule has 1 fully saturated rings. The molecular formula is C13H15N3O. The second kappa shape index (κ2) is 3.87. The van der Waals surface area contributed by atoms with Gasteiger partial charge >= 0.3 is 0 Å². The van der Waals surface area contributed by atoms with Crippen LogP contribution in [0, 0.1) is 0 Å². The van der Waals surface area contributed by atoms with E-state index in [9.17, 15) is 4.79 Å². The fourth-order valence-corrected chi connectivity index (χ4v) is 2.56. The SMILES string of the molecule is CC(=O)N1CCC[C@H]1c1nc2ccccc2[nH]1. The summed E-state index contributed by atoms with van der Waals surface area (Å²) >= 11 is 0. The van der Waals surface area contributed by atoms with Gasteiger partial charge in [-0.3, -0.25) is 4.79 Å². The summed E-state index contributed by atoms with van der Waals surface area (Å²) in [4.78, 5) is 21.3. The zero-order valence-corrected chi connectivity index (χ0v) is 9.81. The highest BCUT2D eigenvalue weighted by atomic mass is 16.2. The number of hydrogen-bond donors (Lipinski definition) is 1. The minimum absolute atomic E-state index is 0.125. The van der Waals surface area contributed by atoms with Crippen LogP contribution in [0.5, 0.6) is 0 Å². The standard InChI is InChI=1S/C13H15N3O/c1-9(17)16-8-4-7-12(16)13-14-10-5-2-3-6-11(10)15-13/h2-3,5-6,12H,4,7-8H2,1H3,(H,14,15)/t12-/m0/s1. The van der Waals surface area contributed by atoms with E-state index in [1.807, 2.05) is 29.2 Å². The molecule has 0 saturated carbocycles. The van der Waals surface area contributed by atoms with E-state index in [4.69, 9.17) is 0 Å². The van der Waals surface area contributed by atoms with Gasteiger partial charge in [-0.2, -0.15) is 0 Å². The Kier molecular flexibility index (Phi) is 2.35. The molecule has 0 radical (unpaired) electrons. The van der Waals surface area contributed by atoms with Crippen LogP contribution in [-0.4, -0.2) is 27.3 Å². The summed E-state index contributed by atoms with van der Waals surface area (Å²) in [5.41, 5.74) is 2.01. The molecule has 2 aromatic rings. The van der Waals surface area contributed by atoms with Crippen LogP contribution in [0.3, 0.4) is 0 Å². The van der Waals surface area contributed by atoms with Gasteiger partial charge in [0.15, 0.2) is 0 Å². The number of rotatable bonds is 1. The summed E-state index contributed by atoms with van der Waals surface area (Å²) in [6.07, 6.45) is 2.06. The number of hydrogen-bond acceptors (Lipinski definition) is 2. The van der Waals surface area contributed by atoms with Gasteiger partial charge in [0, 0.05) is 13.5 Å². The summed E-state index contributed by atoms with van der Waals surface area (Å²) < 4.78 is 0. The van der Waals surface area contributed by atoms with Crippen molar-refractivity contribution in [3.63, 3.8) is 0 Å². The molecule has 0 bridgehead atoms. The number of nitrogens with zero attached hydrogens (tertiary/aromatic N) is 2. The van der Waals surface area contributed by atoms with Crippen molar-refractivity contribution < 1.29 is 4.79 Å². The van der Waals surface area contributed by atoms with E-state index in [-0.39, 0.29) is 11.9 Å². The monoisotopic (exact) mass is 229 g/mol. The highest BCUT2D eigenvalue weighted by Gasteiger charge is 2.29. The molecule has 0 unspecified atom stereocenters. The maximum Gasteiger partial charge on any atom is 0.220 e. The first-order valence-electron chi connectivity index (χ1n) is 5.97. The molecule has 1 amide bonds. The van der Waals surface area contributed by atoms with E-state index in [2.05, 4.69) is 9.97 Å². The Morgan fingerprint density at radius 3 is 3.06 bits per heavy atom. The first-order valence-corrected chi connectivity index (χ1v) is 5.97. The van der Waals surface area contributed by atoms with Gasteiger partial charge in [-0.05, 0) is 25.0 Å².